The Kier molecular flexibility index (Phi) is 5.56. The van der Waals surface area contributed by atoms with Crippen LogP contribution in [0, 0.1) is 11.3 Å². The van der Waals surface area contributed by atoms with E-state index in [1.165, 1.54) is 6.42 Å². The predicted molar refractivity (Wildman–Crippen MR) is 74.8 cm³/mol. The molecule has 0 aliphatic carbocycles. The maximum Gasteiger partial charge on any atom is 0.0940 e. The zero-order valence-electron chi connectivity index (χ0n) is 11.4. The Balaban J connectivity index is 2.41. The summed E-state index contributed by atoms with van der Waals surface area (Å²) in [6.45, 7) is 9.16. The van der Waals surface area contributed by atoms with Crippen molar-refractivity contribution in [3.05, 3.63) is 16.6 Å². The molecular weight excluding hydrogens is 230 g/mol. The summed E-state index contributed by atoms with van der Waals surface area (Å²) in [5.41, 5.74) is 3.31. The molecule has 4 heteroatoms. The predicted octanol–water partition coefficient (Wildman–Crippen LogP) is 2.98. The second-order valence-electron chi connectivity index (χ2n) is 6.10. The van der Waals surface area contributed by atoms with Crippen LogP contribution in [0.3, 0.4) is 0 Å². The van der Waals surface area contributed by atoms with Crippen molar-refractivity contribution in [3.63, 3.8) is 0 Å². The highest BCUT2D eigenvalue weighted by molar-refractivity contribution is 7.09. The van der Waals surface area contributed by atoms with Gasteiger partial charge in [0, 0.05) is 24.0 Å². The third-order valence-corrected chi connectivity index (χ3v) is 3.59. The van der Waals surface area contributed by atoms with Crippen LogP contribution in [0.15, 0.2) is 11.6 Å². The summed E-state index contributed by atoms with van der Waals surface area (Å²) in [6.07, 6.45) is 5.12. The number of nitrogens with two attached hydrogens (primary N) is 1. The largest absolute Gasteiger partial charge is 0.271 e. The van der Waals surface area contributed by atoms with Gasteiger partial charge in [-0.15, -0.1) is 11.3 Å². The van der Waals surface area contributed by atoms with Crippen LogP contribution in [-0.4, -0.2) is 11.0 Å². The molecule has 3 nitrogen and oxygen atoms in total. The molecule has 0 saturated carbocycles. The van der Waals surface area contributed by atoms with Crippen LogP contribution in [0.25, 0.3) is 0 Å². The van der Waals surface area contributed by atoms with Gasteiger partial charge in [-0.25, -0.2) is 4.98 Å². The zero-order valence-corrected chi connectivity index (χ0v) is 12.2. The number of rotatable bonds is 6. The molecule has 2 atom stereocenters. The number of nitrogens with zero attached hydrogens (tertiary/aromatic N) is 1. The molecule has 1 aromatic heterocycles. The molecule has 2 unspecified atom stereocenters. The standard InChI is InChI=1S/C13H25N3S/c1-10(9-13(2,3)4)7-11(16-14)8-12-15-5-6-17-12/h5-6,10-11,16H,7-9,14H2,1-4H3. The van der Waals surface area contributed by atoms with Gasteiger partial charge in [-0.1, -0.05) is 27.7 Å². The normalized spacial score (nSPS) is 15.8. The zero-order chi connectivity index (χ0) is 12.9. The van der Waals surface area contributed by atoms with Crippen molar-refractivity contribution >= 4 is 11.3 Å². The Bertz CT molecular complexity index is 303. The molecule has 0 aromatic carbocycles. The van der Waals surface area contributed by atoms with Gasteiger partial charge in [0.15, 0.2) is 0 Å². The molecule has 1 heterocycles. The van der Waals surface area contributed by atoms with E-state index in [1.807, 2.05) is 11.6 Å². The van der Waals surface area contributed by atoms with E-state index in [-0.39, 0.29) is 0 Å². The van der Waals surface area contributed by atoms with Crippen LogP contribution in [0.2, 0.25) is 0 Å². The van der Waals surface area contributed by atoms with Crippen molar-refractivity contribution in [3.8, 4) is 0 Å². The fourth-order valence-corrected chi connectivity index (χ4v) is 3.09. The van der Waals surface area contributed by atoms with E-state index >= 15 is 0 Å². The van der Waals surface area contributed by atoms with E-state index in [2.05, 4.69) is 38.1 Å². The van der Waals surface area contributed by atoms with Gasteiger partial charge in [-0.3, -0.25) is 11.3 Å². The van der Waals surface area contributed by atoms with Crippen molar-refractivity contribution in [2.45, 2.75) is 53.0 Å². The van der Waals surface area contributed by atoms with Crippen LogP contribution in [0.1, 0.15) is 45.5 Å². The monoisotopic (exact) mass is 255 g/mol. The van der Waals surface area contributed by atoms with E-state index in [9.17, 15) is 0 Å². The molecule has 98 valence electrons. The van der Waals surface area contributed by atoms with Crippen molar-refractivity contribution in [1.82, 2.24) is 10.4 Å². The summed E-state index contributed by atoms with van der Waals surface area (Å²) < 4.78 is 0. The minimum atomic E-state index is 0.332. The number of hydrogen-bond donors (Lipinski definition) is 2. The first-order valence-electron chi connectivity index (χ1n) is 6.25. The summed E-state index contributed by atoms with van der Waals surface area (Å²) in [5.74, 6) is 6.31. The molecule has 0 aliphatic rings. The van der Waals surface area contributed by atoms with E-state index in [1.54, 1.807) is 11.3 Å². The first-order chi connectivity index (χ1) is 7.90. The van der Waals surface area contributed by atoms with E-state index in [0.29, 0.717) is 17.4 Å². The first kappa shape index (κ1) is 14.6. The van der Waals surface area contributed by atoms with Crippen LogP contribution in [-0.2, 0) is 6.42 Å². The third-order valence-electron chi connectivity index (χ3n) is 2.79. The number of nitrogens with one attached hydrogen (secondary N) is 1. The van der Waals surface area contributed by atoms with E-state index in [4.69, 9.17) is 5.84 Å². The Morgan fingerprint density at radius 3 is 2.65 bits per heavy atom. The fourth-order valence-electron chi connectivity index (χ4n) is 2.39. The molecule has 0 aliphatic heterocycles. The van der Waals surface area contributed by atoms with Gasteiger partial charge in [-0.2, -0.15) is 0 Å². The summed E-state index contributed by atoms with van der Waals surface area (Å²) >= 11 is 1.70. The van der Waals surface area contributed by atoms with Gasteiger partial charge in [0.05, 0.1) is 5.01 Å². The van der Waals surface area contributed by atoms with Crippen molar-refractivity contribution in [2.75, 3.05) is 0 Å². The van der Waals surface area contributed by atoms with Gasteiger partial charge in [0.25, 0.3) is 0 Å². The number of aromatic nitrogens is 1. The first-order valence-corrected chi connectivity index (χ1v) is 7.13. The van der Waals surface area contributed by atoms with Crippen molar-refractivity contribution < 1.29 is 0 Å². The van der Waals surface area contributed by atoms with Crippen LogP contribution < -0.4 is 11.3 Å². The van der Waals surface area contributed by atoms with Gasteiger partial charge in [0.1, 0.15) is 0 Å². The topological polar surface area (TPSA) is 50.9 Å². The molecule has 0 bridgehead atoms. The Morgan fingerprint density at radius 2 is 2.18 bits per heavy atom. The fraction of sp³-hybridized carbons (Fsp3) is 0.769. The Morgan fingerprint density at radius 1 is 1.47 bits per heavy atom. The number of thiazole rings is 1. The van der Waals surface area contributed by atoms with Crippen LogP contribution >= 0.6 is 11.3 Å². The second-order valence-corrected chi connectivity index (χ2v) is 7.08. The molecule has 1 rings (SSSR count). The number of hydrogen-bond acceptors (Lipinski definition) is 4. The smallest absolute Gasteiger partial charge is 0.0940 e. The third kappa shape index (κ3) is 6.15. The van der Waals surface area contributed by atoms with Crippen LogP contribution in [0.5, 0.6) is 0 Å². The lowest BCUT2D eigenvalue weighted by molar-refractivity contribution is 0.274. The molecule has 0 spiro atoms. The maximum absolute atomic E-state index is 5.63. The molecule has 0 fully saturated rings. The Labute approximate surface area is 109 Å². The second kappa shape index (κ2) is 6.47. The maximum atomic E-state index is 5.63. The molecular formula is C13H25N3S. The lowest BCUT2D eigenvalue weighted by Crippen LogP contribution is -2.38. The summed E-state index contributed by atoms with van der Waals surface area (Å²) in [4.78, 5) is 4.31. The summed E-state index contributed by atoms with van der Waals surface area (Å²) in [7, 11) is 0. The lowest BCUT2D eigenvalue weighted by Gasteiger charge is -2.26. The summed E-state index contributed by atoms with van der Waals surface area (Å²) in [5, 5.41) is 3.18. The Hall–Kier alpha value is -0.450. The highest BCUT2D eigenvalue weighted by Crippen LogP contribution is 2.27. The van der Waals surface area contributed by atoms with E-state index in [0.717, 1.165) is 17.8 Å². The van der Waals surface area contributed by atoms with Crippen molar-refractivity contribution in [2.24, 2.45) is 17.2 Å². The minimum absolute atomic E-state index is 0.332. The molecule has 0 saturated heterocycles. The molecule has 0 amide bonds. The van der Waals surface area contributed by atoms with Crippen molar-refractivity contribution in [1.29, 1.82) is 0 Å². The highest BCUT2D eigenvalue weighted by atomic mass is 32.1. The molecule has 1 aromatic rings. The summed E-state index contributed by atoms with van der Waals surface area (Å²) in [6, 6.07) is 0.332. The minimum Gasteiger partial charge on any atom is -0.271 e. The number of hydrazine groups is 1. The molecule has 0 radical (unpaired) electrons. The van der Waals surface area contributed by atoms with Gasteiger partial charge >= 0.3 is 0 Å². The van der Waals surface area contributed by atoms with E-state index < -0.39 is 0 Å². The van der Waals surface area contributed by atoms with Gasteiger partial charge < -0.3 is 0 Å². The molecule has 17 heavy (non-hydrogen) atoms. The quantitative estimate of drug-likeness (QED) is 0.607. The highest BCUT2D eigenvalue weighted by Gasteiger charge is 2.19. The average Bonchev–Trinajstić information content (AvgIpc) is 2.66. The van der Waals surface area contributed by atoms with Gasteiger partial charge in [-0.05, 0) is 24.2 Å². The van der Waals surface area contributed by atoms with Gasteiger partial charge in [0.2, 0.25) is 0 Å². The SMILES string of the molecule is CC(CC(Cc1nccs1)NN)CC(C)(C)C. The lowest BCUT2D eigenvalue weighted by atomic mass is 9.82. The average molecular weight is 255 g/mol. The molecule has 3 N–H and O–H groups in total. The van der Waals surface area contributed by atoms with Crippen LogP contribution in [0.4, 0.5) is 0 Å².